The van der Waals surface area contributed by atoms with E-state index in [0.717, 1.165) is 38.8 Å². The molecule has 1 aromatic rings. The summed E-state index contributed by atoms with van der Waals surface area (Å²) in [6.45, 7) is 3.59. The van der Waals surface area contributed by atoms with Crippen LogP contribution in [0.1, 0.15) is 38.2 Å². The molecule has 24 heavy (non-hydrogen) atoms. The molecule has 0 spiro atoms. The van der Waals surface area contributed by atoms with Crippen LogP contribution in [0.3, 0.4) is 0 Å². The molecule has 1 fully saturated rings. The van der Waals surface area contributed by atoms with Crippen molar-refractivity contribution in [3.63, 3.8) is 0 Å². The Kier molecular flexibility index (Phi) is 7.25. The van der Waals surface area contributed by atoms with Gasteiger partial charge in [-0.25, -0.2) is 0 Å². The van der Waals surface area contributed by atoms with E-state index in [2.05, 4.69) is 29.6 Å². The van der Waals surface area contributed by atoms with Crippen molar-refractivity contribution < 1.29 is 14.7 Å². The first-order valence-corrected chi connectivity index (χ1v) is 8.88. The van der Waals surface area contributed by atoms with Gasteiger partial charge in [0.05, 0.1) is 6.54 Å². The summed E-state index contributed by atoms with van der Waals surface area (Å²) in [4.78, 5) is 25.2. The molecule has 2 N–H and O–H groups in total. The van der Waals surface area contributed by atoms with E-state index < -0.39 is 12.0 Å². The van der Waals surface area contributed by atoms with Crippen molar-refractivity contribution in [2.24, 2.45) is 5.92 Å². The van der Waals surface area contributed by atoms with Crippen LogP contribution in [0.15, 0.2) is 30.3 Å². The van der Waals surface area contributed by atoms with Gasteiger partial charge in [-0.15, -0.1) is 0 Å². The minimum Gasteiger partial charge on any atom is -0.480 e. The molecule has 0 aromatic heterocycles. The summed E-state index contributed by atoms with van der Waals surface area (Å²) in [5, 5.41) is 12.0. The maximum atomic E-state index is 12.3. The van der Waals surface area contributed by atoms with Gasteiger partial charge in [0.1, 0.15) is 6.04 Å². The first-order valence-electron chi connectivity index (χ1n) is 8.88. The molecule has 1 unspecified atom stereocenters. The Bertz CT molecular complexity index is 525. The summed E-state index contributed by atoms with van der Waals surface area (Å²) in [6.07, 6.45) is 4.42. The highest BCUT2D eigenvalue weighted by Crippen LogP contribution is 2.21. The maximum absolute atomic E-state index is 12.3. The number of piperidine rings is 1. The van der Waals surface area contributed by atoms with Crippen LogP contribution in [0.25, 0.3) is 0 Å². The molecule has 0 saturated carbocycles. The fourth-order valence-electron chi connectivity index (χ4n) is 3.26. The summed E-state index contributed by atoms with van der Waals surface area (Å²) in [5.41, 5.74) is 1.35. The molecule has 5 heteroatoms. The van der Waals surface area contributed by atoms with E-state index >= 15 is 0 Å². The normalized spacial score (nSPS) is 16.8. The quantitative estimate of drug-likeness (QED) is 0.766. The molecule has 1 aliphatic rings. The highest BCUT2D eigenvalue weighted by Gasteiger charge is 2.24. The number of rotatable bonds is 8. The van der Waals surface area contributed by atoms with Gasteiger partial charge < -0.3 is 10.0 Å². The monoisotopic (exact) mass is 332 g/mol. The molecule has 1 saturated heterocycles. The Morgan fingerprint density at radius 1 is 1.25 bits per heavy atom. The van der Waals surface area contributed by atoms with Crippen LogP contribution in [-0.4, -0.2) is 47.6 Å². The van der Waals surface area contributed by atoms with E-state index in [1.807, 2.05) is 17.9 Å². The molecule has 132 valence electrons. The number of hydrogen-bond donors (Lipinski definition) is 2. The lowest BCUT2D eigenvalue weighted by Crippen LogP contribution is -2.47. The fraction of sp³-hybridized carbons (Fsp3) is 0.579. The summed E-state index contributed by atoms with van der Waals surface area (Å²) in [5.74, 6) is -0.252. The summed E-state index contributed by atoms with van der Waals surface area (Å²) in [7, 11) is 0. The number of nitrogens with one attached hydrogen (secondary N) is 1. The predicted molar refractivity (Wildman–Crippen MR) is 93.8 cm³/mol. The molecule has 1 aromatic carbocycles. The van der Waals surface area contributed by atoms with Crippen LogP contribution in [0, 0.1) is 5.92 Å². The molecule has 0 radical (unpaired) electrons. The molecule has 0 bridgehead atoms. The fourth-order valence-corrected chi connectivity index (χ4v) is 3.26. The number of likely N-dealkylation sites (tertiary alicyclic amines) is 1. The van der Waals surface area contributed by atoms with Crippen molar-refractivity contribution in [2.75, 3.05) is 19.6 Å². The van der Waals surface area contributed by atoms with Crippen molar-refractivity contribution in [1.29, 1.82) is 0 Å². The van der Waals surface area contributed by atoms with Crippen LogP contribution in [0.5, 0.6) is 0 Å². The van der Waals surface area contributed by atoms with Crippen LogP contribution in [0.2, 0.25) is 0 Å². The first kappa shape index (κ1) is 18.5. The molecular formula is C19H28N2O3. The number of amides is 1. The minimum atomic E-state index is -0.883. The number of carboxylic acids is 1. The lowest BCUT2D eigenvalue weighted by Gasteiger charge is -2.32. The van der Waals surface area contributed by atoms with Crippen molar-refractivity contribution in [2.45, 2.75) is 45.1 Å². The van der Waals surface area contributed by atoms with E-state index in [1.165, 1.54) is 5.56 Å². The van der Waals surface area contributed by atoms with Gasteiger partial charge in [0, 0.05) is 13.1 Å². The lowest BCUT2D eigenvalue weighted by molar-refractivity contribution is -0.140. The molecule has 2 rings (SSSR count). The Hall–Kier alpha value is -1.88. The zero-order valence-corrected chi connectivity index (χ0v) is 14.4. The zero-order valence-electron chi connectivity index (χ0n) is 14.4. The van der Waals surface area contributed by atoms with Crippen LogP contribution in [0.4, 0.5) is 0 Å². The average molecular weight is 332 g/mol. The molecule has 0 aliphatic carbocycles. The number of carbonyl (C=O) groups is 2. The zero-order chi connectivity index (χ0) is 17.4. The molecule has 1 atom stereocenters. The topological polar surface area (TPSA) is 69.6 Å². The number of benzene rings is 1. The van der Waals surface area contributed by atoms with Crippen molar-refractivity contribution in [1.82, 2.24) is 10.2 Å². The van der Waals surface area contributed by atoms with Crippen molar-refractivity contribution >= 4 is 11.9 Å². The van der Waals surface area contributed by atoms with Crippen LogP contribution in [-0.2, 0) is 16.0 Å². The second-order valence-electron chi connectivity index (χ2n) is 6.57. The molecular weight excluding hydrogens is 304 g/mol. The highest BCUT2D eigenvalue weighted by molar-refractivity contribution is 5.80. The molecule has 1 heterocycles. The number of hydrogen-bond acceptors (Lipinski definition) is 3. The highest BCUT2D eigenvalue weighted by atomic mass is 16.4. The Labute approximate surface area is 144 Å². The summed E-state index contributed by atoms with van der Waals surface area (Å²) >= 11 is 0. The second kappa shape index (κ2) is 9.42. The van der Waals surface area contributed by atoms with Gasteiger partial charge in [0.2, 0.25) is 5.91 Å². The predicted octanol–water partition coefficient (Wildman–Crippen LogP) is 2.31. The third-order valence-corrected chi connectivity index (χ3v) is 4.71. The van der Waals surface area contributed by atoms with Crippen molar-refractivity contribution in [3.05, 3.63) is 35.9 Å². The molecule has 1 amide bonds. The van der Waals surface area contributed by atoms with Crippen LogP contribution < -0.4 is 5.32 Å². The standard InChI is InChI=1S/C19H28N2O3/c1-2-6-17(19(23)24)20-14-18(22)21-11-9-16(10-12-21)13-15-7-4-3-5-8-15/h3-5,7-8,16-17,20H,2,6,9-14H2,1H3,(H,23,24). The third kappa shape index (κ3) is 5.64. The molecule has 1 aliphatic heterocycles. The number of carboxylic acid groups (broad SMARTS) is 1. The van der Waals surface area contributed by atoms with Gasteiger partial charge >= 0.3 is 5.97 Å². The van der Waals surface area contributed by atoms with Gasteiger partial charge in [-0.1, -0.05) is 43.7 Å². The van der Waals surface area contributed by atoms with Crippen LogP contribution >= 0.6 is 0 Å². The second-order valence-corrected chi connectivity index (χ2v) is 6.57. The van der Waals surface area contributed by atoms with E-state index in [0.29, 0.717) is 12.3 Å². The largest absolute Gasteiger partial charge is 0.480 e. The van der Waals surface area contributed by atoms with Gasteiger partial charge in [-0.2, -0.15) is 0 Å². The Balaban J connectivity index is 1.73. The first-order chi connectivity index (χ1) is 11.6. The minimum absolute atomic E-state index is 0.00974. The van der Waals surface area contributed by atoms with Gasteiger partial charge in [-0.3, -0.25) is 14.9 Å². The number of nitrogens with zero attached hydrogens (tertiary/aromatic N) is 1. The lowest BCUT2D eigenvalue weighted by atomic mass is 9.90. The number of aliphatic carboxylic acids is 1. The SMILES string of the molecule is CCCC(NCC(=O)N1CCC(Cc2ccccc2)CC1)C(=O)O. The Morgan fingerprint density at radius 2 is 1.92 bits per heavy atom. The van der Waals surface area contributed by atoms with E-state index in [4.69, 9.17) is 5.11 Å². The van der Waals surface area contributed by atoms with Crippen molar-refractivity contribution in [3.8, 4) is 0 Å². The Morgan fingerprint density at radius 3 is 2.50 bits per heavy atom. The average Bonchev–Trinajstić information content (AvgIpc) is 2.59. The number of carbonyl (C=O) groups excluding carboxylic acids is 1. The third-order valence-electron chi connectivity index (χ3n) is 4.71. The smallest absolute Gasteiger partial charge is 0.320 e. The van der Waals surface area contributed by atoms with E-state index in [1.54, 1.807) is 0 Å². The summed E-state index contributed by atoms with van der Waals surface area (Å²) in [6, 6.07) is 9.84. The molecule has 5 nitrogen and oxygen atoms in total. The van der Waals surface area contributed by atoms with E-state index in [-0.39, 0.29) is 12.5 Å². The van der Waals surface area contributed by atoms with Gasteiger partial charge in [0.25, 0.3) is 0 Å². The van der Waals surface area contributed by atoms with Gasteiger partial charge in [0.15, 0.2) is 0 Å². The van der Waals surface area contributed by atoms with Gasteiger partial charge in [-0.05, 0) is 37.2 Å². The summed E-state index contributed by atoms with van der Waals surface area (Å²) < 4.78 is 0. The van der Waals surface area contributed by atoms with E-state index in [9.17, 15) is 9.59 Å². The maximum Gasteiger partial charge on any atom is 0.320 e.